The number of aliphatic hydroxyl groups excluding tert-OH is 1. The molecule has 0 aromatic carbocycles. The molecule has 0 bridgehead atoms. The maximum absolute atomic E-state index is 11.5. The maximum Gasteiger partial charge on any atom is 0.309 e. The second kappa shape index (κ2) is 13.1. The van der Waals surface area contributed by atoms with Gasteiger partial charge in [-0.3, -0.25) is 4.79 Å². The normalized spacial score (nSPS) is 18.6. The van der Waals surface area contributed by atoms with Gasteiger partial charge in [-0.1, -0.05) is 30.4 Å². The number of ether oxygens (including phenoxy) is 1. The standard InChI is InChI=1S/C21H24O3/c1-2-3-4-5-6-7-8-9-10-11-12-13-14-15-16-19-17-20(18-22)24-21(19)23/h2,11-12,19-20,22H,1,3-4,13-18H2/b12-11+/t19-,20+/m1/s1. The zero-order chi connectivity index (χ0) is 17.5. The van der Waals surface area contributed by atoms with Crippen LogP contribution in [0.1, 0.15) is 44.9 Å². The molecule has 3 heteroatoms. The number of unbranched alkanes of at least 4 members (excludes halogenated alkanes) is 3. The summed E-state index contributed by atoms with van der Waals surface area (Å²) in [5, 5.41) is 8.98. The molecule has 0 saturated carbocycles. The summed E-state index contributed by atoms with van der Waals surface area (Å²) in [6.45, 7) is 3.54. The number of hydrogen-bond donors (Lipinski definition) is 1. The summed E-state index contributed by atoms with van der Waals surface area (Å²) in [6, 6.07) is 0. The molecule has 1 aliphatic heterocycles. The van der Waals surface area contributed by atoms with Gasteiger partial charge in [0.15, 0.2) is 0 Å². The predicted molar refractivity (Wildman–Crippen MR) is 95.4 cm³/mol. The fraction of sp³-hybridized carbons (Fsp3) is 0.476. The van der Waals surface area contributed by atoms with Crippen LogP contribution in [0.5, 0.6) is 0 Å². The second-order valence-electron chi connectivity index (χ2n) is 5.51. The number of carbonyl (C=O) groups is 1. The van der Waals surface area contributed by atoms with E-state index in [4.69, 9.17) is 9.84 Å². The summed E-state index contributed by atoms with van der Waals surface area (Å²) in [5.41, 5.74) is 0. The third-order valence-corrected chi connectivity index (χ3v) is 3.56. The Bertz CT molecular complexity index is 611. The Morgan fingerprint density at radius 2 is 2.04 bits per heavy atom. The van der Waals surface area contributed by atoms with E-state index < -0.39 is 0 Å². The maximum atomic E-state index is 11.5. The number of carbonyl (C=O) groups excluding carboxylic acids is 1. The lowest BCUT2D eigenvalue weighted by atomic mass is 9.98. The van der Waals surface area contributed by atoms with Gasteiger partial charge in [-0.25, -0.2) is 0 Å². The van der Waals surface area contributed by atoms with Crippen molar-refractivity contribution in [3.63, 3.8) is 0 Å². The molecule has 1 heterocycles. The molecular formula is C21H24O3. The number of hydrogen-bond acceptors (Lipinski definition) is 3. The monoisotopic (exact) mass is 324 g/mol. The van der Waals surface area contributed by atoms with Crippen molar-refractivity contribution in [1.82, 2.24) is 0 Å². The van der Waals surface area contributed by atoms with E-state index in [0.29, 0.717) is 6.42 Å². The minimum atomic E-state index is -0.301. The molecule has 0 aliphatic carbocycles. The first-order valence-electron chi connectivity index (χ1n) is 8.33. The number of aliphatic hydroxyl groups is 1. The van der Waals surface area contributed by atoms with Crippen LogP contribution in [0.4, 0.5) is 0 Å². The quantitative estimate of drug-likeness (QED) is 0.323. The Labute approximate surface area is 145 Å². The molecule has 0 aromatic heterocycles. The first kappa shape index (κ1) is 19.6. The van der Waals surface area contributed by atoms with Gasteiger partial charge in [0, 0.05) is 6.42 Å². The van der Waals surface area contributed by atoms with E-state index >= 15 is 0 Å². The lowest BCUT2D eigenvalue weighted by molar-refractivity contribution is -0.145. The molecule has 0 radical (unpaired) electrons. The largest absolute Gasteiger partial charge is 0.460 e. The summed E-state index contributed by atoms with van der Waals surface area (Å²) in [5.74, 6) is 16.4. The molecule has 0 aromatic rings. The highest BCUT2D eigenvalue weighted by Crippen LogP contribution is 2.25. The zero-order valence-electron chi connectivity index (χ0n) is 14.0. The van der Waals surface area contributed by atoms with Crippen LogP contribution in [0.15, 0.2) is 24.8 Å². The van der Waals surface area contributed by atoms with Crippen LogP contribution in [0.25, 0.3) is 0 Å². The highest BCUT2D eigenvalue weighted by Gasteiger charge is 2.33. The van der Waals surface area contributed by atoms with E-state index in [2.05, 4.69) is 42.1 Å². The van der Waals surface area contributed by atoms with Crippen molar-refractivity contribution < 1.29 is 14.6 Å². The van der Waals surface area contributed by atoms with Crippen molar-refractivity contribution in [1.29, 1.82) is 0 Å². The van der Waals surface area contributed by atoms with Crippen LogP contribution in [0.3, 0.4) is 0 Å². The Balaban J connectivity index is 2.09. The zero-order valence-corrected chi connectivity index (χ0v) is 14.0. The van der Waals surface area contributed by atoms with Crippen LogP contribution in [0, 0.1) is 41.4 Å². The Morgan fingerprint density at radius 1 is 1.21 bits per heavy atom. The molecule has 24 heavy (non-hydrogen) atoms. The summed E-state index contributed by atoms with van der Waals surface area (Å²) >= 11 is 0. The van der Waals surface area contributed by atoms with Crippen LogP contribution in [-0.2, 0) is 9.53 Å². The summed E-state index contributed by atoms with van der Waals surface area (Å²) in [7, 11) is 0. The van der Waals surface area contributed by atoms with E-state index in [-0.39, 0.29) is 24.6 Å². The first-order valence-corrected chi connectivity index (χ1v) is 8.33. The van der Waals surface area contributed by atoms with E-state index in [0.717, 1.165) is 38.5 Å². The van der Waals surface area contributed by atoms with E-state index in [1.165, 1.54) is 0 Å². The summed E-state index contributed by atoms with van der Waals surface area (Å²) in [6.07, 6.45) is 11.4. The van der Waals surface area contributed by atoms with Crippen molar-refractivity contribution >= 4 is 5.97 Å². The molecule has 0 unspecified atom stereocenters. The van der Waals surface area contributed by atoms with Gasteiger partial charge in [0.1, 0.15) is 6.10 Å². The number of rotatable bonds is 8. The molecule has 1 fully saturated rings. The average Bonchev–Trinajstić information content (AvgIpc) is 2.95. The Hall–Kier alpha value is -2.41. The van der Waals surface area contributed by atoms with Gasteiger partial charge < -0.3 is 9.84 Å². The lowest BCUT2D eigenvalue weighted by Crippen LogP contribution is -2.10. The van der Waals surface area contributed by atoms with Gasteiger partial charge in [0.25, 0.3) is 0 Å². The summed E-state index contributed by atoms with van der Waals surface area (Å²) in [4.78, 5) is 11.5. The molecule has 1 N–H and O–H groups in total. The van der Waals surface area contributed by atoms with Crippen LogP contribution in [-0.4, -0.2) is 23.8 Å². The molecule has 0 amide bonds. The topological polar surface area (TPSA) is 46.5 Å². The summed E-state index contributed by atoms with van der Waals surface area (Å²) < 4.78 is 5.04. The predicted octanol–water partition coefficient (Wildman–Crippen LogP) is 3.00. The highest BCUT2D eigenvalue weighted by molar-refractivity contribution is 5.74. The minimum Gasteiger partial charge on any atom is -0.460 e. The van der Waals surface area contributed by atoms with Crippen LogP contribution >= 0.6 is 0 Å². The Kier molecular flexibility index (Phi) is 10.7. The first-order chi connectivity index (χ1) is 11.8. The number of cyclic esters (lactones) is 1. The van der Waals surface area contributed by atoms with Crippen molar-refractivity contribution in [3.8, 4) is 35.5 Å². The van der Waals surface area contributed by atoms with Gasteiger partial charge >= 0.3 is 5.97 Å². The molecule has 2 atom stereocenters. The number of esters is 1. The Morgan fingerprint density at radius 3 is 2.79 bits per heavy atom. The molecule has 1 rings (SSSR count). The van der Waals surface area contributed by atoms with E-state index in [1.807, 2.05) is 12.2 Å². The highest BCUT2D eigenvalue weighted by atomic mass is 16.6. The van der Waals surface area contributed by atoms with Crippen LogP contribution in [0.2, 0.25) is 0 Å². The molecule has 1 aliphatic rings. The van der Waals surface area contributed by atoms with Gasteiger partial charge in [0.2, 0.25) is 0 Å². The van der Waals surface area contributed by atoms with Gasteiger partial charge in [-0.05, 0) is 61.9 Å². The molecule has 3 nitrogen and oxygen atoms in total. The lowest BCUT2D eigenvalue weighted by Gasteiger charge is -2.03. The van der Waals surface area contributed by atoms with Gasteiger partial charge in [-0.15, -0.1) is 6.58 Å². The van der Waals surface area contributed by atoms with E-state index in [9.17, 15) is 4.79 Å². The molecule has 126 valence electrons. The van der Waals surface area contributed by atoms with Crippen molar-refractivity contribution in [3.05, 3.63) is 24.8 Å². The molecule has 0 spiro atoms. The molecular weight excluding hydrogens is 300 g/mol. The fourth-order valence-electron chi connectivity index (χ4n) is 2.29. The minimum absolute atomic E-state index is 0.0474. The van der Waals surface area contributed by atoms with Crippen molar-refractivity contribution in [2.75, 3.05) is 6.61 Å². The van der Waals surface area contributed by atoms with Gasteiger partial charge in [0.05, 0.1) is 12.5 Å². The van der Waals surface area contributed by atoms with Crippen molar-refractivity contribution in [2.24, 2.45) is 5.92 Å². The van der Waals surface area contributed by atoms with Crippen molar-refractivity contribution in [2.45, 2.75) is 51.0 Å². The number of allylic oxidation sites excluding steroid dienone is 3. The van der Waals surface area contributed by atoms with Gasteiger partial charge in [-0.2, -0.15) is 0 Å². The average molecular weight is 324 g/mol. The smallest absolute Gasteiger partial charge is 0.309 e. The SMILES string of the molecule is C=CCCC#CC#CC#C/C=C/CCCC[C@@H]1C[C@@H](CO)OC1=O. The van der Waals surface area contributed by atoms with Crippen LogP contribution < -0.4 is 0 Å². The molecule has 1 saturated heterocycles. The van der Waals surface area contributed by atoms with E-state index in [1.54, 1.807) is 6.08 Å². The third kappa shape index (κ3) is 8.89. The third-order valence-electron chi connectivity index (χ3n) is 3.56. The fourth-order valence-corrected chi connectivity index (χ4v) is 2.29. The second-order valence-corrected chi connectivity index (χ2v) is 5.51.